The summed E-state index contributed by atoms with van der Waals surface area (Å²) >= 11 is 5.38. The first-order chi connectivity index (χ1) is 15.4. The summed E-state index contributed by atoms with van der Waals surface area (Å²) in [6.45, 7) is 0.745. The summed E-state index contributed by atoms with van der Waals surface area (Å²) in [5, 5.41) is 3.44. The highest BCUT2D eigenvalue weighted by molar-refractivity contribution is 8.33. The van der Waals surface area contributed by atoms with E-state index in [2.05, 4.69) is 5.32 Å². The van der Waals surface area contributed by atoms with E-state index in [4.69, 9.17) is 11.2 Å². The van der Waals surface area contributed by atoms with Crippen molar-refractivity contribution in [1.82, 2.24) is 9.62 Å². The van der Waals surface area contributed by atoms with Crippen LogP contribution in [0.4, 0.5) is 0 Å². The lowest BCUT2D eigenvalue weighted by atomic mass is 10.1. The Kier molecular flexibility index (Phi) is 7.07. The zero-order valence-corrected chi connectivity index (χ0v) is 20.0. The minimum absolute atomic E-state index is 0.160. The highest BCUT2D eigenvalue weighted by Gasteiger charge is 2.43. The second-order valence-electron chi connectivity index (χ2n) is 7.97. The fraction of sp³-hybridized carbons (Fsp3) is 0.250. The Balaban J connectivity index is 1.69. The Bertz CT molecular complexity index is 1230. The van der Waals surface area contributed by atoms with Crippen LogP contribution in [0, 0.1) is 0 Å². The molecule has 0 aromatic heterocycles. The summed E-state index contributed by atoms with van der Waals surface area (Å²) in [6.07, 6.45) is 0. The first-order valence-electron chi connectivity index (χ1n) is 10.4. The first-order valence-corrected chi connectivity index (χ1v) is 14.7. The average molecular weight is 487 g/mol. The Morgan fingerprint density at radius 3 is 1.97 bits per heavy atom. The lowest BCUT2D eigenvalue weighted by Gasteiger charge is -2.32. The minimum atomic E-state index is -3.83. The summed E-state index contributed by atoms with van der Waals surface area (Å²) in [5.41, 5.74) is 1.95. The van der Waals surface area contributed by atoms with E-state index < -0.39 is 24.6 Å². The van der Waals surface area contributed by atoms with Gasteiger partial charge in [-0.3, -0.25) is 4.21 Å². The molecule has 0 saturated carbocycles. The van der Waals surface area contributed by atoms with Crippen molar-refractivity contribution < 1.29 is 12.6 Å². The second-order valence-corrected chi connectivity index (χ2v) is 13.8. The van der Waals surface area contributed by atoms with Gasteiger partial charge in [0.2, 0.25) is 10.0 Å². The molecule has 4 rings (SSSR count). The van der Waals surface area contributed by atoms with E-state index in [-0.39, 0.29) is 29.0 Å². The molecule has 1 aliphatic rings. The van der Waals surface area contributed by atoms with Crippen LogP contribution in [0.1, 0.15) is 11.1 Å². The molecule has 1 N–H and O–H groups in total. The molecule has 0 bridgehead atoms. The molecule has 8 heteroatoms. The van der Waals surface area contributed by atoms with Gasteiger partial charge in [0.15, 0.2) is 0 Å². The van der Waals surface area contributed by atoms with Crippen molar-refractivity contribution in [3.63, 3.8) is 0 Å². The maximum Gasteiger partial charge on any atom is 0.243 e. The van der Waals surface area contributed by atoms with Crippen LogP contribution in [0.15, 0.2) is 95.9 Å². The van der Waals surface area contributed by atoms with Crippen LogP contribution >= 0.6 is 0 Å². The monoisotopic (exact) mass is 486 g/mol. The zero-order valence-electron chi connectivity index (χ0n) is 17.5. The molecular formula is C24H26N2O3S3. The van der Waals surface area contributed by atoms with Crippen molar-refractivity contribution in [3.05, 3.63) is 102 Å². The van der Waals surface area contributed by atoms with E-state index in [0.29, 0.717) is 6.54 Å². The van der Waals surface area contributed by atoms with Gasteiger partial charge in [0.25, 0.3) is 0 Å². The van der Waals surface area contributed by atoms with Gasteiger partial charge in [-0.15, -0.1) is 0 Å². The van der Waals surface area contributed by atoms with Gasteiger partial charge in [0, 0.05) is 39.1 Å². The molecule has 3 aromatic rings. The van der Waals surface area contributed by atoms with E-state index in [1.54, 1.807) is 30.3 Å². The maximum absolute atomic E-state index is 13.7. The van der Waals surface area contributed by atoms with E-state index in [1.165, 1.54) is 4.31 Å². The molecule has 0 amide bonds. The van der Waals surface area contributed by atoms with Gasteiger partial charge >= 0.3 is 0 Å². The number of hydrogen-bond acceptors (Lipinski definition) is 5. The largest absolute Gasteiger partial charge is 0.307 e. The second kappa shape index (κ2) is 9.80. The van der Waals surface area contributed by atoms with E-state index in [1.807, 2.05) is 60.7 Å². The van der Waals surface area contributed by atoms with Crippen molar-refractivity contribution in [1.29, 1.82) is 0 Å². The third kappa shape index (κ3) is 5.44. The molecule has 0 radical (unpaired) electrons. The van der Waals surface area contributed by atoms with Crippen LogP contribution in [0.5, 0.6) is 0 Å². The predicted octanol–water partition coefficient (Wildman–Crippen LogP) is 3.16. The van der Waals surface area contributed by atoms with Crippen molar-refractivity contribution >= 4 is 29.7 Å². The Labute approximate surface area is 195 Å². The van der Waals surface area contributed by atoms with Crippen LogP contribution in [-0.2, 0) is 42.8 Å². The number of sulfonamides is 1. The van der Waals surface area contributed by atoms with Crippen molar-refractivity contribution in [2.24, 2.45) is 0 Å². The standard InChI is InChI=1S/C24H26N2O3S3/c27-31(30)18-23(25-16-20-10-4-1-5-11-20)24(19-31)26(17-21-12-6-2-7-13-21)32(28,29)22-14-8-3-9-15-22/h1-15,23-25H,16-19H2/t23-,24+,31?/m0/s1. The predicted molar refractivity (Wildman–Crippen MR) is 132 cm³/mol. The Morgan fingerprint density at radius 1 is 0.844 bits per heavy atom. The van der Waals surface area contributed by atoms with Crippen molar-refractivity contribution in [2.75, 3.05) is 11.5 Å². The molecule has 0 aliphatic carbocycles. The molecule has 5 nitrogen and oxygen atoms in total. The molecule has 1 unspecified atom stereocenters. The number of nitrogens with zero attached hydrogens (tertiary/aromatic N) is 1. The van der Waals surface area contributed by atoms with Gasteiger partial charge in [-0.05, 0) is 34.4 Å². The number of hydrogen-bond donors (Lipinski definition) is 1. The molecule has 3 atom stereocenters. The van der Waals surface area contributed by atoms with E-state index in [9.17, 15) is 12.6 Å². The van der Waals surface area contributed by atoms with Crippen LogP contribution in [0.3, 0.4) is 0 Å². The van der Waals surface area contributed by atoms with Gasteiger partial charge in [0.1, 0.15) is 0 Å². The third-order valence-electron chi connectivity index (χ3n) is 5.63. The summed E-state index contributed by atoms with van der Waals surface area (Å²) in [7, 11) is -6.39. The van der Waals surface area contributed by atoms with Gasteiger partial charge < -0.3 is 5.32 Å². The third-order valence-corrected chi connectivity index (χ3v) is 10.1. The summed E-state index contributed by atoms with van der Waals surface area (Å²) in [5.74, 6) is 0.434. The van der Waals surface area contributed by atoms with Crippen LogP contribution in [0.25, 0.3) is 0 Å². The fourth-order valence-corrected chi connectivity index (χ4v) is 8.60. The molecule has 168 valence electrons. The summed E-state index contributed by atoms with van der Waals surface area (Å²) in [6, 6.07) is 27.0. The van der Waals surface area contributed by atoms with Crippen molar-refractivity contribution in [2.45, 2.75) is 30.1 Å². The summed E-state index contributed by atoms with van der Waals surface area (Å²) in [4.78, 5) is 0.223. The number of benzene rings is 3. The van der Waals surface area contributed by atoms with Crippen LogP contribution in [0.2, 0.25) is 0 Å². The number of nitrogens with one attached hydrogen (secondary N) is 1. The molecule has 3 aromatic carbocycles. The highest BCUT2D eigenvalue weighted by Crippen LogP contribution is 2.28. The maximum atomic E-state index is 13.7. The molecule has 1 heterocycles. The van der Waals surface area contributed by atoms with Gasteiger partial charge in [-0.2, -0.15) is 4.31 Å². The fourth-order valence-electron chi connectivity index (χ4n) is 4.02. The van der Waals surface area contributed by atoms with Crippen LogP contribution < -0.4 is 5.32 Å². The van der Waals surface area contributed by atoms with Crippen molar-refractivity contribution in [3.8, 4) is 0 Å². The minimum Gasteiger partial charge on any atom is -0.307 e. The number of rotatable bonds is 8. The molecule has 32 heavy (non-hydrogen) atoms. The Hall–Kier alpha value is -2.10. The smallest absolute Gasteiger partial charge is 0.243 e. The Morgan fingerprint density at radius 2 is 1.38 bits per heavy atom. The molecule has 1 saturated heterocycles. The molecule has 1 fully saturated rings. The SMILES string of the molecule is O=S(=O)(c1ccccc1)N(Cc1ccccc1)[C@@H]1CS(=O)(=S)C[C@@H]1NCc1ccccc1. The zero-order chi connectivity index (χ0) is 22.6. The lowest BCUT2D eigenvalue weighted by Crippen LogP contribution is -2.51. The quantitative estimate of drug-likeness (QED) is 0.530. The normalized spacial score (nSPS) is 23.4. The highest BCUT2D eigenvalue weighted by atomic mass is 32.8. The summed E-state index contributed by atoms with van der Waals surface area (Å²) < 4.78 is 41.9. The molecular weight excluding hydrogens is 460 g/mol. The van der Waals surface area contributed by atoms with E-state index in [0.717, 1.165) is 11.1 Å². The van der Waals surface area contributed by atoms with E-state index >= 15 is 0 Å². The molecule has 1 aliphatic heterocycles. The van der Waals surface area contributed by atoms with Gasteiger partial charge in [0.05, 0.1) is 10.9 Å². The topological polar surface area (TPSA) is 66.5 Å². The molecule has 0 spiro atoms. The lowest BCUT2D eigenvalue weighted by molar-refractivity contribution is 0.287. The average Bonchev–Trinajstić information content (AvgIpc) is 3.12. The van der Waals surface area contributed by atoms with Gasteiger partial charge in [-0.25, -0.2) is 8.42 Å². The van der Waals surface area contributed by atoms with Gasteiger partial charge in [-0.1, -0.05) is 78.9 Å². The first kappa shape index (κ1) is 23.1. The van der Waals surface area contributed by atoms with Crippen LogP contribution in [-0.4, -0.2) is 40.5 Å².